The monoisotopic (exact) mass is 679 g/mol. The van der Waals surface area contributed by atoms with Gasteiger partial charge in [-0.15, -0.1) is 0 Å². The van der Waals surface area contributed by atoms with Crippen LogP contribution in [-0.2, 0) is 32.1 Å². The van der Waals surface area contributed by atoms with Crippen molar-refractivity contribution in [3.05, 3.63) is 137 Å². The quantitative estimate of drug-likeness (QED) is 0.279. The Morgan fingerprint density at radius 2 is 1.48 bits per heavy atom. The number of piperidine rings is 1. The number of benzodiazepines with no additional fused rings is 1. The van der Waals surface area contributed by atoms with Crippen molar-refractivity contribution in [3.8, 4) is 0 Å². The van der Waals surface area contributed by atoms with E-state index in [-0.39, 0.29) is 38.1 Å². The van der Waals surface area contributed by atoms with Crippen LogP contribution in [0.1, 0.15) is 35.1 Å². The summed E-state index contributed by atoms with van der Waals surface area (Å²) in [5, 5.41) is 5.56. The maximum absolute atomic E-state index is 14.3. The fourth-order valence-electron chi connectivity index (χ4n) is 6.20. The van der Waals surface area contributed by atoms with Crippen LogP contribution in [0.3, 0.4) is 0 Å². The summed E-state index contributed by atoms with van der Waals surface area (Å²) in [5.74, 6) is -3.55. The molecular weight excluding hydrogens is 644 g/mol. The lowest BCUT2D eigenvalue weighted by molar-refractivity contribution is -0.137. The highest BCUT2D eigenvalue weighted by molar-refractivity contribution is 6.20. The number of aliphatic imine (C=N–C) groups is 1. The number of benzene rings is 4. The molecule has 4 aromatic carbocycles. The lowest BCUT2D eigenvalue weighted by atomic mass is 9.86. The van der Waals surface area contributed by atoms with Gasteiger partial charge in [0.05, 0.1) is 17.8 Å². The minimum Gasteiger partial charge on any atom is -0.445 e. The van der Waals surface area contributed by atoms with E-state index in [0.29, 0.717) is 23.0 Å². The van der Waals surface area contributed by atoms with Gasteiger partial charge < -0.3 is 25.2 Å². The predicted octanol–water partition coefficient (Wildman–Crippen LogP) is 4.75. The van der Waals surface area contributed by atoms with E-state index in [1.165, 1.54) is 9.80 Å². The van der Waals surface area contributed by atoms with Gasteiger partial charge in [0.2, 0.25) is 18.0 Å². The van der Waals surface area contributed by atoms with Crippen LogP contribution in [0.15, 0.2) is 108 Å². The van der Waals surface area contributed by atoms with Crippen molar-refractivity contribution in [2.75, 3.05) is 25.0 Å². The summed E-state index contributed by atoms with van der Waals surface area (Å²) in [5.41, 5.74) is 1.81. The summed E-state index contributed by atoms with van der Waals surface area (Å²) in [4.78, 5) is 62.2. The van der Waals surface area contributed by atoms with Gasteiger partial charge in [-0.3, -0.25) is 14.4 Å². The second-order valence-electron chi connectivity index (χ2n) is 12.2. The maximum Gasteiger partial charge on any atom is 0.410 e. The summed E-state index contributed by atoms with van der Waals surface area (Å²) in [6.07, 6.45) is -2.43. The molecule has 0 radical (unpaired) electrons. The number of hydrogen-bond acceptors (Lipinski definition) is 6. The number of likely N-dealkylation sites (tertiary alicyclic amines) is 1. The molecule has 6 rings (SSSR count). The third-order valence-electron chi connectivity index (χ3n) is 8.84. The Bertz CT molecular complexity index is 1910. The highest BCUT2D eigenvalue weighted by Crippen LogP contribution is 2.29. The number of nitrogens with one attached hydrogen (secondary N) is 2. The van der Waals surface area contributed by atoms with Gasteiger partial charge >= 0.3 is 6.09 Å². The van der Waals surface area contributed by atoms with E-state index < -0.39 is 53.6 Å². The average Bonchev–Trinajstić information content (AvgIpc) is 3.21. The first-order valence-electron chi connectivity index (χ1n) is 16.1. The van der Waals surface area contributed by atoms with Crippen LogP contribution >= 0.6 is 0 Å². The number of amides is 4. The number of likely N-dealkylation sites (N-methyl/N-ethyl adjacent to an activating group) is 1. The number of carbonyl (C=O) groups excluding carboxylic acids is 4. The first-order valence-corrected chi connectivity index (χ1v) is 16.1. The molecule has 4 aromatic rings. The molecule has 4 amide bonds. The van der Waals surface area contributed by atoms with Gasteiger partial charge in [0, 0.05) is 37.3 Å². The molecule has 2 heterocycles. The fourth-order valence-corrected chi connectivity index (χ4v) is 6.20. The van der Waals surface area contributed by atoms with Crippen LogP contribution in [-0.4, -0.2) is 66.3 Å². The van der Waals surface area contributed by atoms with Gasteiger partial charge in [0.1, 0.15) is 23.8 Å². The second kappa shape index (κ2) is 14.7. The van der Waals surface area contributed by atoms with Crippen LogP contribution < -0.4 is 15.5 Å². The van der Waals surface area contributed by atoms with Crippen molar-refractivity contribution in [1.82, 2.24) is 15.5 Å². The minimum absolute atomic E-state index is 0.0330. The van der Waals surface area contributed by atoms with Crippen LogP contribution in [0.5, 0.6) is 0 Å². The summed E-state index contributed by atoms with van der Waals surface area (Å²) in [7, 11) is 1.60. The molecule has 0 spiro atoms. The molecule has 256 valence electrons. The van der Waals surface area contributed by atoms with E-state index in [2.05, 4.69) is 10.6 Å². The molecule has 2 aliphatic heterocycles. The number of ether oxygens (including phenoxy) is 1. The van der Waals surface area contributed by atoms with Crippen molar-refractivity contribution in [2.45, 2.75) is 37.6 Å². The maximum atomic E-state index is 14.3. The van der Waals surface area contributed by atoms with Crippen molar-refractivity contribution in [3.63, 3.8) is 0 Å². The molecule has 12 heteroatoms. The number of para-hydroxylation sites is 1. The van der Waals surface area contributed by atoms with E-state index in [1.807, 2.05) is 72.8 Å². The molecule has 50 heavy (non-hydrogen) atoms. The van der Waals surface area contributed by atoms with Gasteiger partial charge in [0.15, 0.2) is 0 Å². The third-order valence-corrected chi connectivity index (χ3v) is 8.84. The topological polar surface area (TPSA) is 120 Å². The molecule has 1 fully saturated rings. The van der Waals surface area contributed by atoms with Crippen LogP contribution in [0.25, 0.3) is 0 Å². The van der Waals surface area contributed by atoms with E-state index in [4.69, 9.17) is 9.73 Å². The smallest absolute Gasteiger partial charge is 0.410 e. The molecule has 1 atom stereocenters. The lowest BCUT2D eigenvalue weighted by Crippen LogP contribution is -2.65. The summed E-state index contributed by atoms with van der Waals surface area (Å²) in [6.45, 7) is 0.140. The number of halogens is 2. The number of hydrogen-bond donors (Lipinski definition) is 2. The van der Waals surface area contributed by atoms with Crippen LogP contribution in [0.4, 0.5) is 19.3 Å². The van der Waals surface area contributed by atoms with E-state index in [0.717, 1.165) is 23.3 Å². The molecule has 0 saturated carbocycles. The summed E-state index contributed by atoms with van der Waals surface area (Å²) >= 11 is 0. The van der Waals surface area contributed by atoms with E-state index in [1.54, 1.807) is 19.2 Å². The normalized spacial score (nSPS) is 16.8. The minimum atomic E-state index is -1.60. The molecule has 0 bridgehead atoms. The van der Waals surface area contributed by atoms with Crippen molar-refractivity contribution in [1.29, 1.82) is 0 Å². The SMILES string of the molecule is CN1C(=O)C(NC(=O)C2(NC(=O)Cc3cc(F)cc(F)c3)CCN(C(=O)OCc3ccccc3)CC2)N=C(c2ccccc2)c2ccccc21. The van der Waals surface area contributed by atoms with E-state index >= 15 is 0 Å². The van der Waals surface area contributed by atoms with Crippen molar-refractivity contribution < 1.29 is 32.7 Å². The second-order valence-corrected chi connectivity index (χ2v) is 12.2. The zero-order valence-electron chi connectivity index (χ0n) is 27.3. The van der Waals surface area contributed by atoms with Crippen molar-refractivity contribution in [2.24, 2.45) is 4.99 Å². The standard InChI is InChI=1S/C38H35F2N5O5/c1-44-31-15-9-8-14-30(31)33(27-12-6-3-7-13-27)41-34(35(44)47)42-36(48)38(43-32(46)22-26-20-28(39)23-29(40)21-26)16-18-45(19-17-38)37(49)50-24-25-10-4-2-5-11-25/h2-15,20-21,23,34H,16-19,22,24H2,1H3,(H,42,48)(H,43,46). The first kappa shape index (κ1) is 34.0. The van der Waals surface area contributed by atoms with Crippen molar-refractivity contribution >= 4 is 35.2 Å². The van der Waals surface area contributed by atoms with Gasteiger partial charge in [-0.1, -0.05) is 78.9 Å². The van der Waals surface area contributed by atoms with Crippen LogP contribution in [0.2, 0.25) is 0 Å². The molecule has 0 aliphatic carbocycles. The predicted molar refractivity (Wildman–Crippen MR) is 182 cm³/mol. The molecule has 2 aliphatic rings. The van der Waals surface area contributed by atoms with E-state index in [9.17, 15) is 28.0 Å². The molecular formula is C38H35F2N5O5. The zero-order chi connectivity index (χ0) is 35.3. The Balaban J connectivity index is 1.26. The van der Waals surface area contributed by atoms with Gasteiger partial charge in [-0.2, -0.15) is 0 Å². The Hall–Kier alpha value is -5.91. The largest absolute Gasteiger partial charge is 0.445 e. The number of carbonyl (C=O) groups is 4. The van der Waals surface area contributed by atoms with Gasteiger partial charge in [-0.05, 0) is 42.2 Å². The Labute approximate surface area is 287 Å². The number of nitrogens with zero attached hydrogens (tertiary/aromatic N) is 3. The fraction of sp³-hybridized carbons (Fsp3) is 0.237. The molecule has 1 unspecified atom stereocenters. The van der Waals surface area contributed by atoms with Gasteiger partial charge in [-0.25, -0.2) is 18.6 Å². The third kappa shape index (κ3) is 7.54. The highest BCUT2D eigenvalue weighted by Gasteiger charge is 2.45. The van der Waals surface area contributed by atoms with Crippen LogP contribution in [0, 0.1) is 11.6 Å². The highest BCUT2D eigenvalue weighted by atomic mass is 19.1. The molecule has 2 N–H and O–H groups in total. The Morgan fingerprint density at radius 3 is 2.16 bits per heavy atom. The Kier molecular flexibility index (Phi) is 9.98. The average molecular weight is 680 g/mol. The molecule has 1 saturated heterocycles. The summed E-state index contributed by atoms with van der Waals surface area (Å²) < 4.78 is 33.3. The molecule has 0 aromatic heterocycles. The molecule has 10 nitrogen and oxygen atoms in total. The number of anilines is 1. The lowest BCUT2D eigenvalue weighted by Gasteiger charge is -2.41. The number of rotatable bonds is 8. The van der Waals surface area contributed by atoms with Gasteiger partial charge in [0.25, 0.3) is 5.91 Å². The number of fused-ring (bicyclic) bond motifs is 1. The zero-order valence-corrected chi connectivity index (χ0v) is 27.3. The summed E-state index contributed by atoms with van der Waals surface area (Å²) in [6, 6.07) is 28.5. The first-order chi connectivity index (χ1) is 24.1. The Morgan fingerprint density at radius 1 is 0.860 bits per heavy atom.